The summed E-state index contributed by atoms with van der Waals surface area (Å²) in [5.41, 5.74) is -0.229. The standard InChI is InChI=1S/C22H24N4O4/c1-25(22(14-23)9-3-2-4-10-22)19(27)13-30-21(29)15-7-8-16-17(12-15)24-18-6-5-11-26(18)20(16)28/h7-8,12H,2-6,9-11,13H2,1H3. The molecule has 1 aliphatic heterocycles. The van der Waals surface area contributed by atoms with Crippen LogP contribution in [0.3, 0.4) is 0 Å². The fourth-order valence-corrected chi connectivity index (χ4v) is 4.42. The van der Waals surface area contributed by atoms with Crippen LogP contribution in [0.5, 0.6) is 0 Å². The Hall–Kier alpha value is -3.21. The maximum absolute atomic E-state index is 12.6. The molecule has 8 nitrogen and oxygen atoms in total. The minimum absolute atomic E-state index is 0.0986. The molecule has 156 valence electrons. The van der Waals surface area contributed by atoms with E-state index in [2.05, 4.69) is 11.1 Å². The normalized spacial score (nSPS) is 17.2. The van der Waals surface area contributed by atoms with Gasteiger partial charge in [-0.2, -0.15) is 5.26 Å². The first-order valence-electron chi connectivity index (χ1n) is 10.3. The van der Waals surface area contributed by atoms with E-state index in [9.17, 15) is 19.6 Å². The van der Waals surface area contributed by atoms with Gasteiger partial charge in [-0.15, -0.1) is 0 Å². The SMILES string of the molecule is CN(C(=O)COC(=O)c1ccc2c(=O)n3c(nc2c1)CCC3)C1(C#N)CCCCC1. The van der Waals surface area contributed by atoms with Crippen LogP contribution in [0.25, 0.3) is 10.9 Å². The number of benzene rings is 1. The summed E-state index contributed by atoms with van der Waals surface area (Å²) < 4.78 is 6.88. The molecule has 8 heteroatoms. The molecule has 2 heterocycles. The summed E-state index contributed by atoms with van der Waals surface area (Å²) in [6.45, 7) is 0.234. The predicted molar refractivity (Wildman–Crippen MR) is 109 cm³/mol. The van der Waals surface area contributed by atoms with Crippen LogP contribution in [0.15, 0.2) is 23.0 Å². The van der Waals surface area contributed by atoms with E-state index in [1.54, 1.807) is 17.7 Å². The molecule has 1 aromatic heterocycles. The summed E-state index contributed by atoms with van der Waals surface area (Å²) in [5, 5.41) is 10.1. The number of aryl methyl sites for hydroxylation is 1. The number of aromatic nitrogens is 2. The fourth-order valence-electron chi connectivity index (χ4n) is 4.42. The van der Waals surface area contributed by atoms with E-state index >= 15 is 0 Å². The van der Waals surface area contributed by atoms with Crippen molar-refractivity contribution in [1.29, 1.82) is 5.26 Å². The van der Waals surface area contributed by atoms with Crippen LogP contribution in [-0.4, -0.2) is 45.5 Å². The second kappa shape index (κ2) is 7.90. The Kier molecular flexibility index (Phi) is 5.29. The molecule has 0 saturated heterocycles. The van der Waals surface area contributed by atoms with Crippen LogP contribution in [-0.2, 0) is 22.5 Å². The highest BCUT2D eigenvalue weighted by Crippen LogP contribution is 2.32. The van der Waals surface area contributed by atoms with Crippen LogP contribution in [0, 0.1) is 11.3 Å². The zero-order valence-corrected chi connectivity index (χ0v) is 17.0. The molecular formula is C22H24N4O4. The maximum Gasteiger partial charge on any atom is 0.338 e. The smallest absolute Gasteiger partial charge is 0.338 e. The molecule has 0 unspecified atom stereocenters. The number of nitriles is 1. The number of ether oxygens (including phenoxy) is 1. The van der Waals surface area contributed by atoms with Crippen molar-refractivity contribution in [3.8, 4) is 6.07 Å². The quantitative estimate of drug-likeness (QED) is 0.718. The van der Waals surface area contributed by atoms with Gasteiger partial charge in [0.2, 0.25) is 0 Å². The molecule has 2 aliphatic rings. The summed E-state index contributed by atoms with van der Waals surface area (Å²) in [4.78, 5) is 43.5. The Labute approximate surface area is 174 Å². The highest BCUT2D eigenvalue weighted by molar-refractivity contribution is 5.95. The first kappa shape index (κ1) is 20.1. The molecule has 1 amide bonds. The van der Waals surface area contributed by atoms with Gasteiger partial charge in [0.05, 0.1) is 22.5 Å². The molecule has 0 atom stereocenters. The second-order valence-electron chi connectivity index (χ2n) is 8.05. The van der Waals surface area contributed by atoms with Crippen LogP contribution in [0.2, 0.25) is 0 Å². The molecule has 1 saturated carbocycles. The third-order valence-corrected chi connectivity index (χ3v) is 6.28. The van der Waals surface area contributed by atoms with Gasteiger partial charge < -0.3 is 9.64 Å². The van der Waals surface area contributed by atoms with Gasteiger partial charge in [-0.1, -0.05) is 19.3 Å². The molecule has 0 spiro atoms. The van der Waals surface area contributed by atoms with Gasteiger partial charge in [-0.05, 0) is 37.5 Å². The average molecular weight is 408 g/mol. The van der Waals surface area contributed by atoms with Gasteiger partial charge in [-0.3, -0.25) is 14.2 Å². The fraction of sp³-hybridized carbons (Fsp3) is 0.500. The van der Waals surface area contributed by atoms with E-state index in [1.807, 2.05) is 0 Å². The summed E-state index contributed by atoms with van der Waals surface area (Å²) >= 11 is 0. The Bertz CT molecular complexity index is 1110. The lowest BCUT2D eigenvalue weighted by Gasteiger charge is -2.38. The van der Waals surface area contributed by atoms with E-state index in [-0.39, 0.29) is 11.1 Å². The van der Waals surface area contributed by atoms with Crippen LogP contribution in [0.1, 0.15) is 54.7 Å². The van der Waals surface area contributed by atoms with E-state index in [0.717, 1.165) is 37.9 Å². The van der Waals surface area contributed by atoms with Crippen molar-refractivity contribution >= 4 is 22.8 Å². The third-order valence-electron chi connectivity index (χ3n) is 6.28. The first-order chi connectivity index (χ1) is 14.4. The molecule has 1 aliphatic carbocycles. The average Bonchev–Trinajstić information content (AvgIpc) is 3.25. The zero-order valence-electron chi connectivity index (χ0n) is 17.0. The predicted octanol–water partition coefficient (Wildman–Crippen LogP) is 2.18. The second-order valence-corrected chi connectivity index (χ2v) is 8.05. The molecule has 1 fully saturated rings. The molecule has 0 radical (unpaired) electrons. The molecule has 30 heavy (non-hydrogen) atoms. The summed E-state index contributed by atoms with van der Waals surface area (Å²) in [6.07, 6.45) is 5.75. The van der Waals surface area contributed by atoms with E-state index in [4.69, 9.17) is 4.74 Å². The lowest BCUT2D eigenvalue weighted by molar-refractivity contribution is -0.138. The monoisotopic (exact) mass is 408 g/mol. The first-order valence-corrected chi connectivity index (χ1v) is 10.3. The van der Waals surface area contributed by atoms with E-state index in [0.29, 0.717) is 30.3 Å². The van der Waals surface area contributed by atoms with Gasteiger partial charge in [0.15, 0.2) is 6.61 Å². The molecule has 4 rings (SSSR count). The van der Waals surface area contributed by atoms with Crippen molar-refractivity contribution in [3.05, 3.63) is 39.9 Å². The molecule has 0 N–H and O–H groups in total. The number of carbonyl (C=O) groups is 2. The summed E-state index contributed by atoms with van der Waals surface area (Å²) in [5.74, 6) is -0.332. The largest absolute Gasteiger partial charge is 0.452 e. The number of likely N-dealkylation sites (N-methyl/N-ethyl adjacent to an activating group) is 1. The Morgan fingerprint density at radius 3 is 2.77 bits per heavy atom. The number of carbonyl (C=O) groups excluding carboxylic acids is 2. The number of hydrogen-bond acceptors (Lipinski definition) is 6. The molecule has 1 aromatic carbocycles. The van der Waals surface area contributed by atoms with Gasteiger partial charge in [-0.25, -0.2) is 9.78 Å². The van der Waals surface area contributed by atoms with Crippen LogP contribution in [0.4, 0.5) is 0 Å². The molecule has 2 aromatic rings. The van der Waals surface area contributed by atoms with Gasteiger partial charge in [0, 0.05) is 20.0 Å². The van der Waals surface area contributed by atoms with Crippen LogP contribution >= 0.6 is 0 Å². The van der Waals surface area contributed by atoms with Crippen molar-refractivity contribution in [2.75, 3.05) is 13.7 Å². The minimum Gasteiger partial charge on any atom is -0.452 e. The number of hydrogen-bond donors (Lipinski definition) is 0. The van der Waals surface area contributed by atoms with Gasteiger partial charge in [0.25, 0.3) is 11.5 Å². The molecule has 0 bridgehead atoms. The third kappa shape index (κ3) is 3.45. The van der Waals surface area contributed by atoms with E-state index < -0.39 is 24.0 Å². The number of amides is 1. The lowest BCUT2D eigenvalue weighted by Crippen LogP contribution is -2.51. The number of nitrogens with zero attached hydrogens (tertiary/aromatic N) is 4. The van der Waals surface area contributed by atoms with Crippen molar-refractivity contribution in [2.45, 2.75) is 57.0 Å². The number of esters is 1. The van der Waals surface area contributed by atoms with Gasteiger partial charge >= 0.3 is 5.97 Å². The Morgan fingerprint density at radius 2 is 2.03 bits per heavy atom. The topological polar surface area (TPSA) is 105 Å². The lowest BCUT2D eigenvalue weighted by atomic mass is 9.81. The Balaban J connectivity index is 1.47. The van der Waals surface area contributed by atoms with E-state index in [1.165, 1.54) is 17.0 Å². The zero-order chi connectivity index (χ0) is 21.3. The molecular weight excluding hydrogens is 384 g/mol. The highest BCUT2D eigenvalue weighted by atomic mass is 16.5. The maximum atomic E-state index is 12.6. The van der Waals surface area contributed by atoms with Crippen molar-refractivity contribution < 1.29 is 14.3 Å². The highest BCUT2D eigenvalue weighted by Gasteiger charge is 2.39. The summed E-state index contributed by atoms with van der Waals surface area (Å²) in [7, 11) is 1.60. The van der Waals surface area contributed by atoms with Crippen molar-refractivity contribution in [1.82, 2.24) is 14.5 Å². The summed E-state index contributed by atoms with van der Waals surface area (Å²) in [6, 6.07) is 6.91. The van der Waals surface area contributed by atoms with Crippen molar-refractivity contribution in [2.24, 2.45) is 0 Å². The van der Waals surface area contributed by atoms with Crippen LogP contribution < -0.4 is 5.56 Å². The number of fused-ring (bicyclic) bond motifs is 2. The minimum atomic E-state index is -0.822. The van der Waals surface area contributed by atoms with Gasteiger partial charge in [0.1, 0.15) is 11.4 Å². The Morgan fingerprint density at radius 1 is 1.27 bits per heavy atom. The van der Waals surface area contributed by atoms with Crippen molar-refractivity contribution in [3.63, 3.8) is 0 Å². The number of rotatable bonds is 4.